The van der Waals surface area contributed by atoms with Gasteiger partial charge in [0.25, 0.3) is 11.5 Å². The number of carbonyl (C=O) groups excluding carboxylic acids is 1. The molecule has 1 saturated heterocycles. The van der Waals surface area contributed by atoms with E-state index in [9.17, 15) is 19.5 Å². The van der Waals surface area contributed by atoms with Gasteiger partial charge in [0.15, 0.2) is 13.9 Å². The normalized spacial score (nSPS) is 24.3. The quantitative estimate of drug-likeness (QED) is 0.347. The molecule has 0 unspecified atom stereocenters. The zero-order valence-electron chi connectivity index (χ0n) is 22.8. The molecule has 206 valence electrons. The molecule has 0 radical (unpaired) electrons. The van der Waals surface area contributed by atoms with Gasteiger partial charge in [-0.25, -0.2) is 0 Å². The van der Waals surface area contributed by atoms with E-state index in [4.69, 9.17) is 4.74 Å². The monoisotopic (exact) mass is 555 g/mol. The lowest BCUT2D eigenvalue weighted by molar-refractivity contribution is -0.146. The van der Waals surface area contributed by atoms with Crippen molar-refractivity contribution in [1.82, 2.24) is 9.78 Å². The topological polar surface area (TPSA) is 105 Å². The van der Waals surface area contributed by atoms with E-state index in [0.29, 0.717) is 35.3 Å². The van der Waals surface area contributed by atoms with E-state index in [1.807, 2.05) is 80.7 Å². The van der Waals surface area contributed by atoms with E-state index in [2.05, 4.69) is 5.10 Å². The summed E-state index contributed by atoms with van der Waals surface area (Å²) in [5, 5.41) is 15.6. The second-order valence-corrected chi connectivity index (χ2v) is 15.4. The van der Waals surface area contributed by atoms with Crippen molar-refractivity contribution in [2.24, 2.45) is 5.92 Å². The van der Waals surface area contributed by atoms with Gasteiger partial charge in [-0.2, -0.15) is 9.78 Å². The molecule has 8 nitrogen and oxygen atoms in total. The number of nitrogens with zero attached hydrogens (tertiary/aromatic N) is 3. The van der Waals surface area contributed by atoms with Gasteiger partial charge in [0, 0.05) is 29.0 Å². The van der Waals surface area contributed by atoms with Crippen LogP contribution in [0.25, 0.3) is 16.5 Å². The standard InChI is InChI=1S/C31H33N3O5Si/c1-20-28(40(2,3)38)27(15-16-35)39-31(20)25-17-23(34-29(36)24-12-8-7-11-22(24)18-32-34)13-14-26(25)33(30(31)37)19-21-9-5-4-6-10-21/h4-14,17-18,20,27-28,35,38H,15-16,19H2,1-3H3/t20-,27+,28-,31+/m0/s1. The highest BCUT2D eigenvalue weighted by Gasteiger charge is 2.66. The molecule has 1 fully saturated rings. The van der Waals surface area contributed by atoms with Crippen molar-refractivity contribution >= 4 is 30.7 Å². The van der Waals surface area contributed by atoms with E-state index in [1.54, 1.807) is 23.2 Å². The SMILES string of the molecule is C[C@H]1[C@H]([Si](C)(C)O)[C@@H](CCO)O[C@]12C(=O)N(Cc1ccccc1)c1ccc(-n3ncc4ccccc4c3=O)cc12. The predicted octanol–water partition coefficient (Wildman–Crippen LogP) is 4.11. The molecule has 0 aliphatic carbocycles. The van der Waals surface area contributed by atoms with Gasteiger partial charge in [0.2, 0.25) is 0 Å². The first kappa shape index (κ1) is 26.6. The zero-order valence-corrected chi connectivity index (χ0v) is 23.8. The number of carbonyl (C=O) groups is 1. The van der Waals surface area contributed by atoms with Crippen molar-refractivity contribution in [3.63, 3.8) is 0 Å². The highest BCUT2D eigenvalue weighted by Crippen LogP contribution is 2.60. The minimum Gasteiger partial charge on any atom is -0.432 e. The number of aliphatic hydroxyl groups is 1. The molecule has 40 heavy (non-hydrogen) atoms. The van der Waals surface area contributed by atoms with Crippen LogP contribution < -0.4 is 10.5 Å². The summed E-state index contributed by atoms with van der Waals surface area (Å²) < 4.78 is 8.07. The minimum atomic E-state index is -2.82. The number of hydrogen-bond donors (Lipinski definition) is 2. The van der Waals surface area contributed by atoms with Crippen molar-refractivity contribution < 1.29 is 19.4 Å². The molecule has 3 heterocycles. The van der Waals surface area contributed by atoms with Crippen molar-refractivity contribution in [2.45, 2.75) is 50.2 Å². The maximum absolute atomic E-state index is 14.5. The lowest BCUT2D eigenvalue weighted by Crippen LogP contribution is -2.46. The van der Waals surface area contributed by atoms with E-state index < -0.39 is 20.0 Å². The Morgan fingerprint density at radius 2 is 1.75 bits per heavy atom. The fourth-order valence-electron chi connectivity index (χ4n) is 6.79. The molecule has 6 rings (SSSR count). The summed E-state index contributed by atoms with van der Waals surface area (Å²) in [6.07, 6.45) is 1.50. The number of rotatable bonds is 6. The van der Waals surface area contributed by atoms with Crippen molar-refractivity contribution in [2.75, 3.05) is 11.5 Å². The summed E-state index contributed by atoms with van der Waals surface area (Å²) in [6.45, 7) is 5.93. The van der Waals surface area contributed by atoms with Crippen LogP contribution in [0.3, 0.4) is 0 Å². The summed E-state index contributed by atoms with van der Waals surface area (Å²) in [5.74, 6) is -0.558. The summed E-state index contributed by atoms with van der Waals surface area (Å²) in [5.41, 5.74) is 0.972. The molecule has 0 bridgehead atoms. The lowest BCUT2D eigenvalue weighted by Gasteiger charge is -2.32. The molecule has 4 atom stereocenters. The van der Waals surface area contributed by atoms with E-state index >= 15 is 0 Å². The van der Waals surface area contributed by atoms with Gasteiger partial charge in [-0.3, -0.25) is 9.59 Å². The molecular formula is C31H33N3O5Si. The number of fused-ring (bicyclic) bond motifs is 3. The Morgan fingerprint density at radius 3 is 2.48 bits per heavy atom. The minimum absolute atomic E-state index is 0.111. The third-order valence-electron chi connectivity index (χ3n) is 8.50. The fourth-order valence-corrected chi connectivity index (χ4v) is 9.39. The van der Waals surface area contributed by atoms with Crippen LogP contribution in [0.5, 0.6) is 0 Å². The molecule has 1 amide bonds. The van der Waals surface area contributed by atoms with Gasteiger partial charge in [-0.05, 0) is 49.3 Å². The summed E-state index contributed by atoms with van der Waals surface area (Å²) in [4.78, 5) is 41.0. The van der Waals surface area contributed by atoms with Gasteiger partial charge in [0.05, 0.1) is 35.6 Å². The molecule has 3 aromatic carbocycles. The van der Waals surface area contributed by atoms with Crippen LogP contribution in [-0.4, -0.2) is 46.6 Å². The molecule has 1 spiro atoms. The molecule has 1 aromatic heterocycles. The first-order chi connectivity index (χ1) is 19.2. The number of anilines is 1. The molecule has 2 N–H and O–H groups in total. The summed E-state index contributed by atoms with van der Waals surface area (Å²) >= 11 is 0. The molecule has 0 saturated carbocycles. The first-order valence-corrected chi connectivity index (χ1v) is 16.7. The first-order valence-electron chi connectivity index (χ1n) is 13.7. The van der Waals surface area contributed by atoms with Crippen molar-refractivity contribution in [3.8, 4) is 5.69 Å². The molecule has 2 aliphatic heterocycles. The average Bonchev–Trinajstić information content (AvgIpc) is 3.36. The van der Waals surface area contributed by atoms with Crippen LogP contribution >= 0.6 is 0 Å². The Hall–Kier alpha value is -3.63. The van der Waals surface area contributed by atoms with Crippen LogP contribution in [0.4, 0.5) is 5.69 Å². The van der Waals surface area contributed by atoms with Gasteiger partial charge >= 0.3 is 0 Å². The largest absolute Gasteiger partial charge is 0.432 e. The highest BCUT2D eigenvalue weighted by molar-refractivity contribution is 6.71. The van der Waals surface area contributed by atoms with Crippen LogP contribution in [-0.2, 0) is 21.7 Å². The fraction of sp³-hybridized carbons (Fsp3) is 0.323. The molecule has 9 heteroatoms. The molecule has 2 aliphatic rings. The second-order valence-electron chi connectivity index (χ2n) is 11.4. The smallest absolute Gasteiger partial charge is 0.279 e. The Bertz CT molecular complexity index is 1650. The summed E-state index contributed by atoms with van der Waals surface area (Å²) in [6, 6.07) is 22.6. The Balaban J connectivity index is 1.54. The number of amides is 1. The molecular weight excluding hydrogens is 522 g/mol. The maximum atomic E-state index is 14.5. The number of benzene rings is 3. The van der Waals surface area contributed by atoms with E-state index in [0.717, 1.165) is 10.9 Å². The van der Waals surface area contributed by atoms with Crippen molar-refractivity contribution in [3.05, 3.63) is 100 Å². The van der Waals surface area contributed by atoms with Gasteiger partial charge in [-0.1, -0.05) is 55.5 Å². The van der Waals surface area contributed by atoms with Crippen LogP contribution in [0.2, 0.25) is 18.6 Å². The maximum Gasteiger partial charge on any atom is 0.279 e. The average molecular weight is 556 g/mol. The van der Waals surface area contributed by atoms with Crippen molar-refractivity contribution in [1.29, 1.82) is 0 Å². The number of hydrogen-bond acceptors (Lipinski definition) is 6. The van der Waals surface area contributed by atoms with Crippen LogP contribution in [0.1, 0.15) is 24.5 Å². The molecule has 4 aromatic rings. The summed E-state index contributed by atoms with van der Waals surface area (Å²) in [7, 11) is -2.82. The number of aliphatic hydroxyl groups excluding tert-OH is 1. The van der Waals surface area contributed by atoms with Gasteiger partial charge < -0.3 is 19.5 Å². The van der Waals surface area contributed by atoms with Crippen LogP contribution in [0, 0.1) is 5.92 Å². The van der Waals surface area contributed by atoms with E-state index in [1.165, 1.54) is 4.68 Å². The Morgan fingerprint density at radius 1 is 1.02 bits per heavy atom. The zero-order chi connectivity index (χ0) is 28.2. The Kier molecular flexibility index (Phi) is 6.50. The lowest BCUT2D eigenvalue weighted by atomic mass is 9.82. The third-order valence-corrected chi connectivity index (χ3v) is 11.0. The number of aromatic nitrogens is 2. The van der Waals surface area contributed by atoms with Gasteiger partial charge in [-0.15, -0.1) is 0 Å². The second kappa shape index (κ2) is 9.78. The Labute approximate surface area is 233 Å². The number of ether oxygens (including phenoxy) is 1. The highest BCUT2D eigenvalue weighted by atomic mass is 28.4. The third kappa shape index (κ3) is 4.04. The predicted molar refractivity (Wildman–Crippen MR) is 156 cm³/mol. The van der Waals surface area contributed by atoms with E-state index in [-0.39, 0.29) is 29.5 Å². The van der Waals surface area contributed by atoms with Crippen LogP contribution in [0.15, 0.2) is 83.8 Å². The van der Waals surface area contributed by atoms with Gasteiger partial charge in [0.1, 0.15) is 0 Å².